The zero-order valence-corrected chi connectivity index (χ0v) is 30.0. The Bertz CT molecular complexity index is 665. The highest BCUT2D eigenvalue weighted by Crippen LogP contribution is 2.14. The van der Waals surface area contributed by atoms with E-state index in [0.717, 1.165) is 38.5 Å². The predicted molar refractivity (Wildman–Crippen MR) is 195 cm³/mol. The Morgan fingerprint density at radius 3 is 1.31 bits per heavy atom. The second kappa shape index (κ2) is 35.7. The van der Waals surface area contributed by atoms with Gasteiger partial charge in [-0.25, -0.2) is 0 Å². The SMILES string of the molecule is CCCCCC/C=C/CCCC(O)C(O)C(CO)NC(=O)CCCCCCCCC/C=C\CCCCCCCCCCCCC. The Morgan fingerprint density at radius 2 is 0.889 bits per heavy atom. The minimum Gasteiger partial charge on any atom is -0.394 e. The lowest BCUT2D eigenvalue weighted by Gasteiger charge is -2.26. The van der Waals surface area contributed by atoms with Gasteiger partial charge in [-0.15, -0.1) is 0 Å². The molecule has 3 unspecified atom stereocenters. The minimum atomic E-state index is -1.16. The Balaban J connectivity index is 3.62. The molecule has 0 rings (SSSR count). The molecule has 5 heteroatoms. The summed E-state index contributed by atoms with van der Waals surface area (Å²) in [6.07, 6.45) is 41.5. The molecule has 4 N–H and O–H groups in total. The van der Waals surface area contributed by atoms with Crippen molar-refractivity contribution < 1.29 is 20.1 Å². The summed E-state index contributed by atoms with van der Waals surface area (Å²) in [4.78, 5) is 12.3. The van der Waals surface area contributed by atoms with Crippen molar-refractivity contribution in [1.29, 1.82) is 0 Å². The number of nitrogens with one attached hydrogen (secondary N) is 1. The van der Waals surface area contributed by atoms with Crippen LogP contribution < -0.4 is 5.32 Å². The molecule has 0 spiro atoms. The van der Waals surface area contributed by atoms with Gasteiger partial charge in [0.05, 0.1) is 18.8 Å². The molecule has 3 atom stereocenters. The van der Waals surface area contributed by atoms with Crippen molar-refractivity contribution >= 4 is 5.91 Å². The first-order chi connectivity index (χ1) is 22.1. The number of hydrogen-bond donors (Lipinski definition) is 4. The molecule has 0 heterocycles. The molecule has 0 fully saturated rings. The van der Waals surface area contributed by atoms with Crippen LogP contribution >= 0.6 is 0 Å². The van der Waals surface area contributed by atoms with Gasteiger partial charge >= 0.3 is 0 Å². The van der Waals surface area contributed by atoms with E-state index in [0.29, 0.717) is 12.8 Å². The molecule has 0 aromatic carbocycles. The molecule has 0 aromatic heterocycles. The summed E-state index contributed by atoms with van der Waals surface area (Å²) in [5, 5.41) is 33.2. The van der Waals surface area contributed by atoms with Crippen LogP contribution in [0.2, 0.25) is 0 Å². The van der Waals surface area contributed by atoms with Crippen molar-refractivity contribution in [2.75, 3.05) is 6.61 Å². The van der Waals surface area contributed by atoms with Crippen LogP contribution in [0.25, 0.3) is 0 Å². The van der Waals surface area contributed by atoms with E-state index in [2.05, 4.69) is 43.5 Å². The van der Waals surface area contributed by atoms with Gasteiger partial charge in [-0.05, 0) is 64.2 Å². The molecule has 266 valence electrons. The molecular weight excluding hydrogens is 558 g/mol. The summed E-state index contributed by atoms with van der Waals surface area (Å²) in [5.74, 6) is -0.161. The first kappa shape index (κ1) is 43.8. The van der Waals surface area contributed by atoms with E-state index < -0.39 is 18.2 Å². The summed E-state index contributed by atoms with van der Waals surface area (Å²) < 4.78 is 0. The minimum absolute atomic E-state index is 0.161. The average Bonchev–Trinajstić information content (AvgIpc) is 3.04. The molecule has 45 heavy (non-hydrogen) atoms. The second-order valence-electron chi connectivity index (χ2n) is 13.5. The van der Waals surface area contributed by atoms with Crippen molar-refractivity contribution in [1.82, 2.24) is 5.32 Å². The van der Waals surface area contributed by atoms with Crippen LogP contribution in [0.3, 0.4) is 0 Å². The summed E-state index contributed by atoms with van der Waals surface area (Å²) in [6, 6.07) is -0.824. The molecule has 0 saturated heterocycles. The molecule has 0 bridgehead atoms. The fraction of sp³-hybridized carbons (Fsp3) is 0.875. The standard InChI is InChI=1S/C40H77NO4/c1-3-5-7-9-11-13-14-15-16-17-18-19-20-21-22-23-24-25-27-29-31-33-35-39(44)41-37(36-42)40(45)38(43)34-32-30-28-26-12-10-8-6-4-2/h20-21,26,28,37-38,40,42-43,45H,3-19,22-25,27,29-36H2,1-2H3,(H,41,44)/b21-20-,28-26+. The highest BCUT2D eigenvalue weighted by molar-refractivity contribution is 5.76. The maximum Gasteiger partial charge on any atom is 0.220 e. The van der Waals surface area contributed by atoms with E-state index in [1.807, 2.05) is 0 Å². The van der Waals surface area contributed by atoms with Crippen LogP contribution in [-0.4, -0.2) is 46.1 Å². The van der Waals surface area contributed by atoms with E-state index in [1.165, 1.54) is 135 Å². The molecule has 0 aliphatic heterocycles. The summed E-state index contributed by atoms with van der Waals surface area (Å²) in [7, 11) is 0. The fourth-order valence-electron chi connectivity index (χ4n) is 5.92. The Kier molecular flexibility index (Phi) is 34.8. The highest BCUT2D eigenvalue weighted by Gasteiger charge is 2.26. The molecule has 0 radical (unpaired) electrons. The number of amides is 1. The summed E-state index contributed by atoms with van der Waals surface area (Å²) in [6.45, 7) is 4.12. The van der Waals surface area contributed by atoms with Gasteiger partial charge in [-0.2, -0.15) is 0 Å². The normalized spacial score (nSPS) is 14.0. The number of hydrogen-bond acceptors (Lipinski definition) is 4. The Hall–Kier alpha value is -1.17. The quantitative estimate of drug-likeness (QED) is 0.0412. The zero-order chi connectivity index (χ0) is 33.1. The van der Waals surface area contributed by atoms with Crippen LogP contribution in [-0.2, 0) is 4.79 Å². The number of aliphatic hydroxyl groups is 3. The van der Waals surface area contributed by atoms with Crippen LogP contribution in [0, 0.1) is 0 Å². The van der Waals surface area contributed by atoms with E-state index in [4.69, 9.17) is 0 Å². The number of allylic oxidation sites excluding steroid dienone is 4. The van der Waals surface area contributed by atoms with E-state index in [-0.39, 0.29) is 12.5 Å². The maximum absolute atomic E-state index is 12.3. The van der Waals surface area contributed by atoms with Gasteiger partial charge in [0, 0.05) is 6.42 Å². The molecule has 0 aliphatic rings. The number of aliphatic hydroxyl groups excluding tert-OH is 3. The predicted octanol–water partition coefficient (Wildman–Crippen LogP) is 10.7. The Labute approximate surface area is 280 Å². The first-order valence-electron chi connectivity index (χ1n) is 19.6. The number of carbonyl (C=O) groups excluding carboxylic acids is 1. The van der Waals surface area contributed by atoms with Crippen LogP contribution in [0.5, 0.6) is 0 Å². The van der Waals surface area contributed by atoms with Crippen molar-refractivity contribution in [2.24, 2.45) is 0 Å². The van der Waals surface area contributed by atoms with Gasteiger partial charge < -0.3 is 20.6 Å². The largest absolute Gasteiger partial charge is 0.394 e. The monoisotopic (exact) mass is 636 g/mol. The van der Waals surface area contributed by atoms with E-state index in [9.17, 15) is 20.1 Å². The fourth-order valence-corrected chi connectivity index (χ4v) is 5.92. The van der Waals surface area contributed by atoms with Crippen molar-refractivity contribution in [2.45, 2.75) is 218 Å². The van der Waals surface area contributed by atoms with Crippen molar-refractivity contribution in [3.63, 3.8) is 0 Å². The first-order valence-corrected chi connectivity index (χ1v) is 19.6. The average molecular weight is 636 g/mol. The van der Waals surface area contributed by atoms with Crippen molar-refractivity contribution in [3.8, 4) is 0 Å². The van der Waals surface area contributed by atoms with Gasteiger partial charge in [-0.3, -0.25) is 4.79 Å². The van der Waals surface area contributed by atoms with Gasteiger partial charge in [0.25, 0.3) is 0 Å². The molecule has 5 nitrogen and oxygen atoms in total. The lowest BCUT2D eigenvalue weighted by atomic mass is 10.0. The van der Waals surface area contributed by atoms with E-state index in [1.54, 1.807) is 0 Å². The van der Waals surface area contributed by atoms with Gasteiger partial charge in [0.1, 0.15) is 6.10 Å². The Morgan fingerprint density at radius 1 is 0.533 bits per heavy atom. The smallest absolute Gasteiger partial charge is 0.220 e. The molecule has 1 amide bonds. The third-order valence-corrected chi connectivity index (χ3v) is 9.03. The van der Waals surface area contributed by atoms with Crippen LogP contribution in [0.1, 0.15) is 200 Å². The van der Waals surface area contributed by atoms with Gasteiger partial charge in [0.15, 0.2) is 0 Å². The molecule has 0 aromatic rings. The molecular formula is C40H77NO4. The lowest BCUT2D eigenvalue weighted by Crippen LogP contribution is -2.50. The summed E-state index contributed by atoms with van der Waals surface area (Å²) in [5.41, 5.74) is 0. The topological polar surface area (TPSA) is 89.8 Å². The second-order valence-corrected chi connectivity index (χ2v) is 13.5. The van der Waals surface area contributed by atoms with Crippen LogP contribution in [0.15, 0.2) is 24.3 Å². The van der Waals surface area contributed by atoms with Crippen molar-refractivity contribution in [3.05, 3.63) is 24.3 Å². The molecule has 0 saturated carbocycles. The molecule has 0 aliphatic carbocycles. The zero-order valence-electron chi connectivity index (χ0n) is 30.0. The number of rotatable bonds is 35. The van der Waals surface area contributed by atoms with Crippen LogP contribution in [0.4, 0.5) is 0 Å². The summed E-state index contributed by atoms with van der Waals surface area (Å²) >= 11 is 0. The van der Waals surface area contributed by atoms with E-state index >= 15 is 0 Å². The van der Waals surface area contributed by atoms with Gasteiger partial charge in [0.2, 0.25) is 5.91 Å². The van der Waals surface area contributed by atoms with Gasteiger partial charge in [-0.1, -0.05) is 154 Å². The third kappa shape index (κ3) is 31.2. The lowest BCUT2D eigenvalue weighted by molar-refractivity contribution is -0.124. The highest BCUT2D eigenvalue weighted by atomic mass is 16.3. The third-order valence-electron chi connectivity index (χ3n) is 9.03. The number of unbranched alkanes of at least 4 members (excludes halogenated alkanes) is 23. The number of carbonyl (C=O) groups is 1. The maximum atomic E-state index is 12.3.